The lowest BCUT2D eigenvalue weighted by atomic mass is 10.1. The minimum absolute atomic E-state index is 0.146. The average molecular weight is 333 g/mol. The van der Waals surface area contributed by atoms with Crippen LogP contribution in [0.25, 0.3) is 6.08 Å². The first kappa shape index (κ1) is 15.9. The fourth-order valence-electron chi connectivity index (χ4n) is 2.77. The number of hydrogen-bond acceptors (Lipinski definition) is 4. The van der Waals surface area contributed by atoms with E-state index in [9.17, 15) is 14.4 Å². The molecule has 2 aliphatic rings. The molecule has 7 heteroatoms. The first-order valence-electron chi connectivity index (χ1n) is 7.71. The summed E-state index contributed by atoms with van der Waals surface area (Å²) >= 11 is 0.892. The van der Waals surface area contributed by atoms with E-state index in [2.05, 4.69) is 0 Å². The van der Waals surface area contributed by atoms with Gasteiger partial charge in [-0.15, -0.1) is 0 Å². The van der Waals surface area contributed by atoms with E-state index in [0.717, 1.165) is 41.6 Å². The van der Waals surface area contributed by atoms with Crippen LogP contribution in [0.1, 0.15) is 25.0 Å². The Kier molecular flexibility index (Phi) is 4.56. The smallest absolute Gasteiger partial charge is 0.294 e. The van der Waals surface area contributed by atoms with Crippen LogP contribution in [0, 0.1) is 0 Å². The van der Waals surface area contributed by atoms with Crippen LogP contribution < -0.4 is 0 Å². The fourth-order valence-corrected chi connectivity index (χ4v) is 3.60. The summed E-state index contributed by atoms with van der Waals surface area (Å²) in [7, 11) is 1.87. The lowest BCUT2D eigenvalue weighted by Gasteiger charge is -2.27. The van der Waals surface area contributed by atoms with Crippen LogP contribution in [0.3, 0.4) is 0 Å². The minimum Gasteiger partial charge on any atom is -0.351 e. The highest BCUT2D eigenvalue weighted by atomic mass is 32.2. The van der Waals surface area contributed by atoms with Crippen molar-refractivity contribution in [3.05, 3.63) is 28.9 Å². The van der Waals surface area contributed by atoms with Crippen molar-refractivity contribution >= 4 is 34.9 Å². The normalized spacial score (nSPS) is 20.7. The summed E-state index contributed by atoms with van der Waals surface area (Å²) in [5.41, 5.74) is 0.845. The molecule has 0 radical (unpaired) electrons. The zero-order chi connectivity index (χ0) is 16.4. The van der Waals surface area contributed by atoms with Crippen LogP contribution in [0.2, 0.25) is 0 Å². The Labute approximate surface area is 139 Å². The summed E-state index contributed by atoms with van der Waals surface area (Å²) in [6.07, 6.45) is 6.67. The molecule has 1 aromatic heterocycles. The molecule has 0 N–H and O–H groups in total. The molecule has 0 bridgehead atoms. The topological polar surface area (TPSA) is 62.6 Å². The van der Waals surface area contributed by atoms with Crippen LogP contribution in [-0.4, -0.2) is 51.1 Å². The zero-order valence-electron chi connectivity index (χ0n) is 13.0. The first-order valence-corrected chi connectivity index (χ1v) is 8.52. The second kappa shape index (κ2) is 6.62. The summed E-state index contributed by atoms with van der Waals surface area (Å²) in [6, 6.07) is 3.74. The molecule has 0 atom stereocenters. The average Bonchev–Trinajstić information content (AvgIpc) is 3.07. The van der Waals surface area contributed by atoms with Crippen molar-refractivity contribution < 1.29 is 14.4 Å². The molecule has 122 valence electrons. The molecule has 0 aliphatic carbocycles. The molecule has 0 spiro atoms. The van der Waals surface area contributed by atoms with Gasteiger partial charge in [0.2, 0.25) is 5.91 Å². The third-order valence-corrected chi connectivity index (χ3v) is 5.05. The monoisotopic (exact) mass is 333 g/mol. The number of rotatable bonds is 3. The molecule has 3 rings (SSSR count). The van der Waals surface area contributed by atoms with Crippen molar-refractivity contribution in [3.8, 4) is 0 Å². The van der Waals surface area contributed by atoms with Gasteiger partial charge in [0.1, 0.15) is 6.54 Å². The number of thioether (sulfide) groups is 1. The van der Waals surface area contributed by atoms with E-state index in [1.807, 2.05) is 29.9 Å². The molecule has 23 heavy (non-hydrogen) atoms. The van der Waals surface area contributed by atoms with E-state index in [1.54, 1.807) is 11.0 Å². The van der Waals surface area contributed by atoms with E-state index in [0.29, 0.717) is 18.0 Å². The molecule has 2 saturated heterocycles. The van der Waals surface area contributed by atoms with Gasteiger partial charge in [-0.1, -0.05) is 0 Å². The maximum Gasteiger partial charge on any atom is 0.294 e. The number of aromatic nitrogens is 1. The number of nitrogens with zero attached hydrogens (tertiary/aromatic N) is 3. The quantitative estimate of drug-likeness (QED) is 0.795. The van der Waals surface area contributed by atoms with Crippen LogP contribution in [0.4, 0.5) is 4.79 Å². The van der Waals surface area contributed by atoms with Crippen LogP contribution >= 0.6 is 11.8 Å². The van der Waals surface area contributed by atoms with E-state index in [1.165, 1.54) is 0 Å². The highest BCUT2D eigenvalue weighted by molar-refractivity contribution is 8.18. The summed E-state index contributed by atoms with van der Waals surface area (Å²) < 4.78 is 1.87. The van der Waals surface area contributed by atoms with Gasteiger partial charge >= 0.3 is 0 Å². The highest BCUT2D eigenvalue weighted by Crippen LogP contribution is 2.32. The second-order valence-corrected chi connectivity index (χ2v) is 6.75. The van der Waals surface area contributed by atoms with Crippen molar-refractivity contribution in [3.63, 3.8) is 0 Å². The Morgan fingerprint density at radius 3 is 2.65 bits per heavy atom. The molecule has 2 fully saturated rings. The standard InChI is InChI=1S/C16H19N3O3S/c1-17-7-5-6-12(17)10-13-15(21)19(16(22)23-13)11-14(20)18-8-3-2-4-9-18/h5-7,10H,2-4,8-9,11H2,1H3/b13-10-. The predicted octanol–water partition coefficient (Wildman–Crippen LogP) is 2.07. The van der Waals surface area contributed by atoms with Gasteiger partial charge in [0.05, 0.1) is 4.91 Å². The molecule has 1 aromatic rings. The molecular weight excluding hydrogens is 314 g/mol. The summed E-state index contributed by atoms with van der Waals surface area (Å²) in [6.45, 7) is 1.28. The van der Waals surface area contributed by atoms with E-state index < -0.39 is 0 Å². The highest BCUT2D eigenvalue weighted by Gasteiger charge is 2.37. The Morgan fingerprint density at radius 1 is 1.26 bits per heavy atom. The fraction of sp³-hybridized carbons (Fsp3) is 0.438. The molecular formula is C16H19N3O3S. The molecule has 6 nitrogen and oxygen atoms in total. The third kappa shape index (κ3) is 3.34. The molecule has 2 aliphatic heterocycles. The summed E-state index contributed by atoms with van der Waals surface area (Å²) in [5.74, 6) is -0.529. The SMILES string of the molecule is Cn1cccc1/C=C1\SC(=O)N(CC(=O)N2CCCCC2)C1=O. The van der Waals surface area contributed by atoms with Crippen LogP contribution in [0.15, 0.2) is 23.2 Å². The Morgan fingerprint density at radius 2 is 2.00 bits per heavy atom. The number of hydrogen-bond donors (Lipinski definition) is 0. The molecule has 3 amide bonds. The maximum absolute atomic E-state index is 12.4. The number of likely N-dealkylation sites (tertiary alicyclic amines) is 1. The maximum atomic E-state index is 12.4. The Hall–Kier alpha value is -2.02. The van der Waals surface area contributed by atoms with Crippen LogP contribution in [-0.2, 0) is 16.6 Å². The zero-order valence-corrected chi connectivity index (χ0v) is 13.8. The minimum atomic E-state index is -0.383. The molecule has 3 heterocycles. The number of carbonyl (C=O) groups is 3. The van der Waals surface area contributed by atoms with Crippen molar-refractivity contribution in [2.24, 2.45) is 7.05 Å². The van der Waals surface area contributed by atoms with Gasteiger partial charge in [-0.2, -0.15) is 0 Å². The van der Waals surface area contributed by atoms with E-state index in [4.69, 9.17) is 0 Å². The second-order valence-electron chi connectivity index (χ2n) is 5.75. The van der Waals surface area contributed by atoms with Crippen molar-refractivity contribution in [2.45, 2.75) is 19.3 Å². The van der Waals surface area contributed by atoms with E-state index >= 15 is 0 Å². The molecule has 0 saturated carbocycles. The Bertz CT molecular complexity index is 674. The number of piperidine rings is 1. The van der Waals surface area contributed by atoms with Crippen molar-refractivity contribution in [2.75, 3.05) is 19.6 Å². The lowest BCUT2D eigenvalue weighted by Crippen LogP contribution is -2.44. The van der Waals surface area contributed by atoms with Crippen molar-refractivity contribution in [1.82, 2.24) is 14.4 Å². The lowest BCUT2D eigenvalue weighted by molar-refractivity contribution is -0.136. The van der Waals surface area contributed by atoms with Gasteiger partial charge in [0, 0.05) is 32.0 Å². The van der Waals surface area contributed by atoms with Gasteiger partial charge in [-0.3, -0.25) is 19.3 Å². The predicted molar refractivity (Wildman–Crippen MR) is 88.5 cm³/mol. The van der Waals surface area contributed by atoms with Gasteiger partial charge in [0.15, 0.2) is 0 Å². The van der Waals surface area contributed by atoms with Gasteiger partial charge in [-0.05, 0) is 49.2 Å². The number of imide groups is 1. The summed E-state index contributed by atoms with van der Waals surface area (Å²) in [5, 5.41) is -0.374. The summed E-state index contributed by atoms with van der Waals surface area (Å²) in [4.78, 5) is 39.9. The number of amides is 3. The van der Waals surface area contributed by atoms with Gasteiger partial charge in [-0.25, -0.2) is 0 Å². The van der Waals surface area contributed by atoms with Gasteiger partial charge < -0.3 is 9.47 Å². The third-order valence-electron chi connectivity index (χ3n) is 4.14. The number of carbonyl (C=O) groups excluding carboxylic acids is 3. The largest absolute Gasteiger partial charge is 0.351 e. The van der Waals surface area contributed by atoms with Crippen LogP contribution in [0.5, 0.6) is 0 Å². The van der Waals surface area contributed by atoms with Gasteiger partial charge in [0.25, 0.3) is 11.1 Å². The Balaban J connectivity index is 1.70. The molecule has 0 aromatic carbocycles. The van der Waals surface area contributed by atoms with E-state index in [-0.39, 0.29) is 23.6 Å². The number of aryl methyl sites for hydroxylation is 1. The van der Waals surface area contributed by atoms with Crippen molar-refractivity contribution in [1.29, 1.82) is 0 Å². The first-order chi connectivity index (χ1) is 11.1. The molecule has 0 unspecified atom stereocenters.